The van der Waals surface area contributed by atoms with Gasteiger partial charge < -0.3 is 21.1 Å². The molecule has 22 heavy (non-hydrogen) atoms. The van der Waals surface area contributed by atoms with Gasteiger partial charge in [0.15, 0.2) is 6.10 Å². The van der Waals surface area contributed by atoms with E-state index in [1.54, 1.807) is 0 Å². The average Bonchev–Trinajstić information content (AvgIpc) is 2.42. The number of rotatable bonds is 6. The molecule has 120 valence electrons. The van der Waals surface area contributed by atoms with Crippen LogP contribution in [0.15, 0.2) is 18.2 Å². The van der Waals surface area contributed by atoms with Gasteiger partial charge in [-0.15, -0.1) is 0 Å². The third kappa shape index (κ3) is 5.96. The van der Waals surface area contributed by atoms with Crippen molar-refractivity contribution in [2.24, 2.45) is 5.73 Å². The maximum absolute atomic E-state index is 13.0. The molecule has 4 N–H and O–H groups in total. The quantitative estimate of drug-likeness (QED) is 0.684. The van der Waals surface area contributed by atoms with E-state index in [9.17, 15) is 18.8 Å². The van der Waals surface area contributed by atoms with Crippen LogP contribution in [-0.4, -0.2) is 30.6 Å². The minimum Gasteiger partial charge on any atom is -0.452 e. The Balaban J connectivity index is 2.45. The van der Waals surface area contributed by atoms with Crippen molar-refractivity contribution in [3.05, 3.63) is 29.0 Å². The Morgan fingerprint density at radius 1 is 1.41 bits per heavy atom. The summed E-state index contributed by atoms with van der Waals surface area (Å²) in [6.07, 6.45) is -1.19. The molecule has 0 saturated heterocycles. The van der Waals surface area contributed by atoms with Crippen molar-refractivity contribution < 1.29 is 23.5 Å². The number of nitrogens with one attached hydrogen (secondary N) is 2. The molecule has 0 radical (unpaired) electrons. The van der Waals surface area contributed by atoms with Crippen LogP contribution in [-0.2, 0) is 14.3 Å². The summed E-state index contributed by atoms with van der Waals surface area (Å²) in [5.41, 5.74) is 5.11. The van der Waals surface area contributed by atoms with Gasteiger partial charge >= 0.3 is 12.0 Å². The van der Waals surface area contributed by atoms with Crippen LogP contribution in [0.1, 0.15) is 13.3 Å². The van der Waals surface area contributed by atoms with E-state index in [2.05, 4.69) is 10.6 Å². The second-order valence-electron chi connectivity index (χ2n) is 4.29. The number of carbonyl (C=O) groups is 3. The summed E-state index contributed by atoms with van der Waals surface area (Å²) in [4.78, 5) is 33.7. The van der Waals surface area contributed by atoms with Crippen LogP contribution in [0.3, 0.4) is 0 Å². The molecule has 0 aromatic heterocycles. The molecule has 7 nitrogen and oxygen atoms in total. The lowest BCUT2D eigenvalue weighted by molar-refractivity contribution is -0.153. The van der Waals surface area contributed by atoms with E-state index >= 15 is 0 Å². The highest BCUT2D eigenvalue weighted by molar-refractivity contribution is 6.31. The second kappa shape index (κ2) is 8.18. The minimum absolute atomic E-state index is 0.01000. The number of esters is 1. The van der Waals surface area contributed by atoms with E-state index < -0.39 is 29.8 Å². The molecule has 9 heteroatoms. The molecule has 0 spiro atoms. The molecule has 0 fully saturated rings. The molecule has 0 bridgehead atoms. The van der Waals surface area contributed by atoms with Gasteiger partial charge in [-0.2, -0.15) is 0 Å². The number of carbonyl (C=O) groups excluding carboxylic acids is 3. The molecule has 0 unspecified atom stereocenters. The topological polar surface area (TPSA) is 111 Å². The third-order valence-electron chi connectivity index (χ3n) is 2.49. The van der Waals surface area contributed by atoms with Gasteiger partial charge in [-0.3, -0.25) is 9.59 Å². The Morgan fingerprint density at radius 3 is 2.68 bits per heavy atom. The van der Waals surface area contributed by atoms with Crippen LogP contribution in [0.2, 0.25) is 5.02 Å². The fourth-order valence-electron chi connectivity index (χ4n) is 1.42. The van der Waals surface area contributed by atoms with Gasteiger partial charge in [0.2, 0.25) is 0 Å². The van der Waals surface area contributed by atoms with Gasteiger partial charge in [-0.25, -0.2) is 9.18 Å². The fourth-order valence-corrected chi connectivity index (χ4v) is 1.60. The van der Waals surface area contributed by atoms with E-state index in [-0.39, 0.29) is 23.7 Å². The molecule has 1 rings (SSSR count). The van der Waals surface area contributed by atoms with Gasteiger partial charge in [0.25, 0.3) is 5.91 Å². The number of anilines is 1. The SMILES string of the molecule is C[C@@H](OC(=O)CCNC(N)=O)C(=O)Nc1ccc(F)c(Cl)c1. The maximum Gasteiger partial charge on any atom is 0.312 e. The Kier molecular flexibility index (Phi) is 6.58. The van der Waals surface area contributed by atoms with Crippen LogP contribution >= 0.6 is 11.6 Å². The summed E-state index contributed by atoms with van der Waals surface area (Å²) in [6, 6.07) is 2.90. The first kappa shape index (κ1) is 17.7. The van der Waals surface area contributed by atoms with Crippen LogP contribution < -0.4 is 16.4 Å². The van der Waals surface area contributed by atoms with E-state index in [1.165, 1.54) is 19.1 Å². The predicted octanol–water partition coefficient (Wildman–Crippen LogP) is 1.41. The van der Waals surface area contributed by atoms with Crippen molar-refractivity contribution >= 4 is 35.2 Å². The zero-order chi connectivity index (χ0) is 16.7. The summed E-state index contributed by atoms with van der Waals surface area (Å²) < 4.78 is 17.9. The maximum atomic E-state index is 13.0. The highest BCUT2D eigenvalue weighted by Crippen LogP contribution is 2.19. The number of urea groups is 1. The zero-order valence-electron chi connectivity index (χ0n) is 11.7. The van der Waals surface area contributed by atoms with E-state index in [4.69, 9.17) is 22.1 Å². The number of hydrogen-bond acceptors (Lipinski definition) is 4. The highest BCUT2D eigenvalue weighted by atomic mass is 35.5. The molecular weight excluding hydrogens is 317 g/mol. The highest BCUT2D eigenvalue weighted by Gasteiger charge is 2.18. The molecule has 0 aliphatic carbocycles. The first-order valence-electron chi connectivity index (χ1n) is 6.28. The second-order valence-corrected chi connectivity index (χ2v) is 4.70. The summed E-state index contributed by atoms with van der Waals surface area (Å²) in [6.45, 7) is 1.38. The number of benzene rings is 1. The van der Waals surface area contributed by atoms with Gasteiger partial charge in [0, 0.05) is 12.2 Å². The van der Waals surface area contributed by atoms with Crippen molar-refractivity contribution in [3.8, 4) is 0 Å². The van der Waals surface area contributed by atoms with Crippen molar-refractivity contribution in [1.29, 1.82) is 0 Å². The van der Waals surface area contributed by atoms with Gasteiger partial charge in [-0.05, 0) is 25.1 Å². The summed E-state index contributed by atoms with van der Waals surface area (Å²) in [5.74, 6) is -1.88. The van der Waals surface area contributed by atoms with Crippen molar-refractivity contribution in [3.63, 3.8) is 0 Å². The summed E-state index contributed by atoms with van der Waals surface area (Å²) in [7, 11) is 0. The van der Waals surface area contributed by atoms with Gasteiger partial charge in [-0.1, -0.05) is 11.6 Å². The average molecular weight is 332 g/mol. The first-order chi connectivity index (χ1) is 10.3. The molecule has 3 amide bonds. The largest absolute Gasteiger partial charge is 0.452 e. The van der Waals surface area contributed by atoms with Crippen molar-refractivity contribution in [2.45, 2.75) is 19.4 Å². The van der Waals surface area contributed by atoms with E-state index in [0.717, 1.165) is 6.07 Å². The number of primary amides is 1. The fraction of sp³-hybridized carbons (Fsp3) is 0.308. The van der Waals surface area contributed by atoms with Crippen LogP contribution in [0, 0.1) is 5.82 Å². The molecule has 0 aliphatic heterocycles. The van der Waals surface area contributed by atoms with Crippen LogP contribution in [0.4, 0.5) is 14.9 Å². The standard InChI is InChI=1S/C13H15ClFN3O4/c1-7(22-11(19)4-5-17-13(16)21)12(20)18-8-2-3-10(15)9(14)6-8/h2-3,6-7H,4-5H2,1H3,(H,18,20)(H3,16,17,21)/t7-/m1/s1. The molecule has 0 saturated carbocycles. The monoisotopic (exact) mass is 331 g/mol. The van der Waals surface area contributed by atoms with E-state index in [1.807, 2.05) is 0 Å². The zero-order valence-corrected chi connectivity index (χ0v) is 12.4. The Labute approximate surface area is 130 Å². The predicted molar refractivity (Wildman–Crippen MR) is 77.8 cm³/mol. The van der Waals surface area contributed by atoms with Crippen molar-refractivity contribution in [2.75, 3.05) is 11.9 Å². The van der Waals surface area contributed by atoms with Crippen molar-refractivity contribution in [1.82, 2.24) is 5.32 Å². The molecule has 1 aromatic rings. The lowest BCUT2D eigenvalue weighted by atomic mass is 10.3. The molecule has 1 atom stereocenters. The van der Waals surface area contributed by atoms with Crippen LogP contribution in [0.5, 0.6) is 0 Å². The number of nitrogens with two attached hydrogens (primary N) is 1. The minimum atomic E-state index is -1.06. The molecule has 0 aliphatic rings. The van der Waals surface area contributed by atoms with Gasteiger partial charge in [0.1, 0.15) is 5.82 Å². The smallest absolute Gasteiger partial charge is 0.312 e. The first-order valence-corrected chi connectivity index (χ1v) is 6.66. The number of hydrogen-bond donors (Lipinski definition) is 3. The van der Waals surface area contributed by atoms with E-state index in [0.29, 0.717) is 0 Å². The Bertz CT molecular complexity index is 582. The van der Waals surface area contributed by atoms with Crippen LogP contribution in [0.25, 0.3) is 0 Å². The summed E-state index contributed by atoms with van der Waals surface area (Å²) >= 11 is 5.59. The third-order valence-corrected chi connectivity index (χ3v) is 2.78. The Morgan fingerprint density at radius 2 is 2.09 bits per heavy atom. The number of ether oxygens (including phenoxy) is 1. The number of halogens is 2. The lowest BCUT2D eigenvalue weighted by Crippen LogP contribution is -2.33. The molecule has 0 heterocycles. The summed E-state index contributed by atoms with van der Waals surface area (Å²) in [5, 5.41) is 4.51. The lowest BCUT2D eigenvalue weighted by Gasteiger charge is -2.13. The molecular formula is C13H15ClFN3O4. The van der Waals surface area contributed by atoms with Gasteiger partial charge in [0.05, 0.1) is 11.4 Å². The normalized spacial score (nSPS) is 11.4. The Hall–Kier alpha value is -2.35. The number of amides is 3. The molecule has 1 aromatic carbocycles.